The Morgan fingerprint density at radius 3 is 2.70 bits per heavy atom. The highest BCUT2D eigenvalue weighted by molar-refractivity contribution is 5.88. The number of ether oxygens (including phenoxy) is 1. The van der Waals surface area contributed by atoms with E-state index >= 15 is 0 Å². The maximum atomic E-state index is 10.6. The molecule has 0 saturated carbocycles. The lowest BCUT2D eigenvalue weighted by atomic mass is 10.3. The molecular weight excluding hydrogens is 134 g/mol. The summed E-state index contributed by atoms with van der Waals surface area (Å²) in [5.41, 5.74) is 0.0943. The number of carbonyl (C=O) groups is 1. The molecule has 0 unspecified atom stereocenters. The summed E-state index contributed by atoms with van der Waals surface area (Å²) in [5.74, 6) is -0.554. The van der Waals surface area contributed by atoms with Crippen molar-refractivity contribution >= 4 is 5.97 Å². The zero-order valence-corrected chi connectivity index (χ0v) is 5.79. The lowest BCUT2D eigenvalue weighted by Gasteiger charge is -1.99. The maximum absolute atomic E-state index is 10.6. The third-order valence-electron chi connectivity index (χ3n) is 0.820. The first kappa shape index (κ1) is 8.81. The van der Waals surface area contributed by atoms with Gasteiger partial charge in [0.2, 0.25) is 0 Å². The van der Waals surface area contributed by atoms with Crippen LogP contribution in [-0.2, 0) is 9.53 Å². The fourth-order valence-electron chi connectivity index (χ4n) is 0.376. The first-order chi connectivity index (χ1) is 4.72. The minimum atomic E-state index is -0.554. The van der Waals surface area contributed by atoms with E-state index in [1.165, 1.54) is 0 Å². The molecule has 0 N–H and O–H groups in total. The summed E-state index contributed by atoms with van der Waals surface area (Å²) in [7, 11) is 0. The van der Waals surface area contributed by atoms with E-state index in [1.54, 1.807) is 6.92 Å². The molecule has 0 aromatic heterocycles. The maximum Gasteiger partial charge on any atom is 0.335 e. The van der Waals surface area contributed by atoms with Gasteiger partial charge >= 0.3 is 5.97 Å². The minimum absolute atomic E-state index is 0.0943. The molecule has 0 aromatic carbocycles. The summed E-state index contributed by atoms with van der Waals surface area (Å²) in [5, 5.41) is 2.49. The van der Waals surface area contributed by atoms with Crippen LogP contribution in [0.5, 0.6) is 0 Å². The van der Waals surface area contributed by atoms with Gasteiger partial charge in [-0.05, 0) is 6.92 Å². The summed E-state index contributed by atoms with van der Waals surface area (Å²) in [4.78, 5) is 20.2. The Labute approximate surface area is 58.8 Å². The van der Waals surface area contributed by atoms with Crippen LogP contribution in [0.2, 0.25) is 0 Å². The highest BCUT2D eigenvalue weighted by atomic mass is 16.5. The molecule has 0 radical (unpaired) electrons. The van der Waals surface area contributed by atoms with Crippen molar-refractivity contribution in [3.63, 3.8) is 0 Å². The molecule has 56 valence electrons. The number of carbonyl (C=O) groups excluding carboxylic acids is 1. The zero-order chi connectivity index (χ0) is 7.98. The van der Waals surface area contributed by atoms with Crippen LogP contribution in [0.25, 0.3) is 0 Å². The van der Waals surface area contributed by atoms with Gasteiger partial charge in [-0.15, -0.1) is 0 Å². The van der Waals surface area contributed by atoms with E-state index in [0.717, 1.165) is 0 Å². The molecule has 0 aromatic rings. The summed E-state index contributed by atoms with van der Waals surface area (Å²) < 4.78 is 4.52. The van der Waals surface area contributed by atoms with Crippen molar-refractivity contribution in [2.45, 2.75) is 6.92 Å². The standard InChI is InChI=1S/C6H9NO3/c1-3-10-6(8)5(2)4-7-9/h2-4H2,1H3. The zero-order valence-electron chi connectivity index (χ0n) is 5.79. The number of hydrogen-bond acceptors (Lipinski definition) is 4. The third kappa shape index (κ3) is 2.96. The third-order valence-corrected chi connectivity index (χ3v) is 0.820. The molecule has 0 fully saturated rings. The highest BCUT2D eigenvalue weighted by Gasteiger charge is 2.05. The van der Waals surface area contributed by atoms with Crippen LogP contribution in [-0.4, -0.2) is 19.1 Å². The van der Waals surface area contributed by atoms with E-state index < -0.39 is 5.97 Å². The number of nitroso groups, excluding NO2 is 1. The molecule has 10 heavy (non-hydrogen) atoms. The highest BCUT2D eigenvalue weighted by Crippen LogP contribution is 1.94. The summed E-state index contributed by atoms with van der Waals surface area (Å²) in [6, 6.07) is 0. The van der Waals surface area contributed by atoms with Crippen LogP contribution in [0.15, 0.2) is 17.3 Å². The van der Waals surface area contributed by atoms with Crippen molar-refractivity contribution in [2.75, 3.05) is 13.2 Å². The normalized spacial score (nSPS) is 8.50. The molecule has 0 aliphatic rings. The Bertz CT molecular complexity index is 153. The quantitative estimate of drug-likeness (QED) is 0.333. The van der Waals surface area contributed by atoms with Crippen LogP contribution < -0.4 is 0 Å². The van der Waals surface area contributed by atoms with E-state index in [9.17, 15) is 9.70 Å². The molecule has 0 aliphatic heterocycles. The van der Waals surface area contributed by atoms with Crippen LogP contribution in [0.1, 0.15) is 6.92 Å². The minimum Gasteiger partial charge on any atom is -0.463 e. The molecule has 0 saturated heterocycles. The number of esters is 1. The van der Waals surface area contributed by atoms with Gasteiger partial charge in [0, 0.05) is 0 Å². The molecule has 4 heteroatoms. The molecule has 0 spiro atoms. The van der Waals surface area contributed by atoms with Gasteiger partial charge < -0.3 is 4.74 Å². The van der Waals surface area contributed by atoms with E-state index in [2.05, 4.69) is 16.5 Å². The largest absolute Gasteiger partial charge is 0.463 e. The lowest BCUT2D eigenvalue weighted by molar-refractivity contribution is -0.138. The number of nitrogens with zero attached hydrogens (tertiary/aromatic N) is 1. The van der Waals surface area contributed by atoms with Crippen LogP contribution in [0.4, 0.5) is 0 Å². The Hall–Kier alpha value is -1.19. The summed E-state index contributed by atoms with van der Waals surface area (Å²) in [6.07, 6.45) is 0. The second-order valence-electron chi connectivity index (χ2n) is 1.61. The van der Waals surface area contributed by atoms with Crippen molar-refractivity contribution in [3.05, 3.63) is 17.1 Å². The van der Waals surface area contributed by atoms with Gasteiger partial charge in [0.25, 0.3) is 0 Å². The van der Waals surface area contributed by atoms with Crippen molar-refractivity contribution in [2.24, 2.45) is 5.18 Å². The van der Waals surface area contributed by atoms with Gasteiger partial charge in [0.1, 0.15) is 6.54 Å². The van der Waals surface area contributed by atoms with Crippen molar-refractivity contribution in [1.29, 1.82) is 0 Å². The smallest absolute Gasteiger partial charge is 0.335 e. The Kier molecular flexibility index (Phi) is 4.11. The summed E-state index contributed by atoms with van der Waals surface area (Å²) in [6.45, 7) is 5.07. The summed E-state index contributed by atoms with van der Waals surface area (Å²) >= 11 is 0. The first-order valence-electron chi connectivity index (χ1n) is 2.86. The molecule has 4 nitrogen and oxygen atoms in total. The second-order valence-corrected chi connectivity index (χ2v) is 1.61. The average Bonchev–Trinajstić information content (AvgIpc) is 1.89. The van der Waals surface area contributed by atoms with Gasteiger partial charge in [-0.2, -0.15) is 4.91 Å². The Balaban J connectivity index is 3.70. The van der Waals surface area contributed by atoms with E-state index in [4.69, 9.17) is 0 Å². The topological polar surface area (TPSA) is 55.7 Å². The average molecular weight is 143 g/mol. The van der Waals surface area contributed by atoms with Crippen molar-refractivity contribution < 1.29 is 9.53 Å². The monoisotopic (exact) mass is 143 g/mol. The lowest BCUT2D eigenvalue weighted by Crippen LogP contribution is -2.08. The van der Waals surface area contributed by atoms with Crippen LogP contribution in [0.3, 0.4) is 0 Å². The van der Waals surface area contributed by atoms with Crippen LogP contribution in [0, 0.1) is 4.91 Å². The second kappa shape index (κ2) is 4.67. The predicted molar refractivity (Wildman–Crippen MR) is 36.4 cm³/mol. The predicted octanol–water partition coefficient (Wildman–Crippen LogP) is 0.872. The van der Waals surface area contributed by atoms with Crippen LogP contribution >= 0.6 is 0 Å². The molecule has 0 atom stereocenters. The van der Waals surface area contributed by atoms with E-state index in [-0.39, 0.29) is 18.7 Å². The molecule has 0 bridgehead atoms. The van der Waals surface area contributed by atoms with Gasteiger partial charge in [-0.1, -0.05) is 11.8 Å². The SMILES string of the molecule is C=C(CN=O)C(=O)OCC. The molecule has 0 aliphatic carbocycles. The first-order valence-corrected chi connectivity index (χ1v) is 2.86. The van der Waals surface area contributed by atoms with E-state index in [1.807, 2.05) is 0 Å². The molecule has 0 rings (SSSR count). The number of rotatable bonds is 4. The Morgan fingerprint density at radius 1 is 1.70 bits per heavy atom. The van der Waals surface area contributed by atoms with Crippen molar-refractivity contribution in [1.82, 2.24) is 0 Å². The van der Waals surface area contributed by atoms with E-state index in [0.29, 0.717) is 0 Å². The van der Waals surface area contributed by atoms with Gasteiger partial charge in [0.05, 0.1) is 12.2 Å². The fraction of sp³-hybridized carbons (Fsp3) is 0.500. The fourth-order valence-corrected chi connectivity index (χ4v) is 0.376. The molecule has 0 heterocycles. The molecular formula is C6H9NO3. The molecule has 0 amide bonds. The van der Waals surface area contributed by atoms with Crippen molar-refractivity contribution in [3.8, 4) is 0 Å². The Morgan fingerprint density at radius 2 is 2.30 bits per heavy atom. The van der Waals surface area contributed by atoms with Gasteiger partial charge in [0.15, 0.2) is 0 Å². The van der Waals surface area contributed by atoms with Gasteiger partial charge in [-0.3, -0.25) is 0 Å². The number of hydrogen-bond donors (Lipinski definition) is 0. The van der Waals surface area contributed by atoms with Gasteiger partial charge in [-0.25, -0.2) is 4.79 Å².